The van der Waals surface area contributed by atoms with Gasteiger partial charge in [-0.1, -0.05) is 18.2 Å². The Morgan fingerprint density at radius 2 is 1.95 bits per heavy atom. The van der Waals surface area contributed by atoms with E-state index < -0.39 is 16.8 Å². The predicted molar refractivity (Wildman–Crippen MR) is 71.0 cm³/mol. The molecule has 6 nitrogen and oxygen atoms in total. The van der Waals surface area contributed by atoms with Crippen LogP contribution in [0.4, 0.5) is 0 Å². The molecule has 1 aromatic heterocycles. The number of aromatic amines is 1. The average molecular weight is 277 g/mol. The third-order valence-corrected chi connectivity index (χ3v) is 3.36. The summed E-state index contributed by atoms with van der Waals surface area (Å²) >= 11 is 0. The molecule has 0 spiro atoms. The molecule has 2 N–H and O–H groups in total. The van der Waals surface area contributed by atoms with Crippen molar-refractivity contribution in [2.24, 2.45) is 0 Å². The van der Waals surface area contributed by atoms with E-state index in [9.17, 15) is 9.00 Å². The topological polar surface area (TPSA) is 95.9 Å². The lowest BCUT2D eigenvalue weighted by molar-refractivity contribution is 0.0690. The minimum Gasteiger partial charge on any atom is -0.476 e. The van der Waals surface area contributed by atoms with E-state index in [1.807, 2.05) is 0 Å². The van der Waals surface area contributed by atoms with Gasteiger partial charge in [-0.05, 0) is 23.8 Å². The third-order valence-electron chi connectivity index (χ3n) is 2.42. The molecule has 0 aliphatic rings. The van der Waals surface area contributed by atoms with Crippen LogP contribution in [0.2, 0.25) is 0 Å². The normalized spacial score (nSPS) is 12.7. The van der Waals surface area contributed by atoms with Crippen LogP contribution in [0, 0.1) is 0 Å². The fraction of sp³-hybridized carbons (Fsp3) is 0.0833. The number of benzene rings is 1. The summed E-state index contributed by atoms with van der Waals surface area (Å²) in [5, 5.41) is 18.4. The largest absolute Gasteiger partial charge is 0.476 e. The second kappa shape index (κ2) is 5.57. The van der Waals surface area contributed by atoms with Crippen LogP contribution in [0.25, 0.3) is 12.2 Å². The summed E-state index contributed by atoms with van der Waals surface area (Å²) in [6.45, 7) is 0. The summed E-state index contributed by atoms with van der Waals surface area (Å²) in [4.78, 5) is 11.6. The van der Waals surface area contributed by atoms with Crippen molar-refractivity contribution in [3.05, 3.63) is 41.2 Å². The molecule has 0 fully saturated rings. The van der Waals surface area contributed by atoms with Crippen molar-refractivity contribution in [3.63, 3.8) is 0 Å². The van der Waals surface area contributed by atoms with Crippen LogP contribution < -0.4 is 0 Å². The van der Waals surface area contributed by atoms with Gasteiger partial charge in [0.2, 0.25) is 0 Å². The number of H-pyrrole nitrogens is 1. The van der Waals surface area contributed by atoms with Crippen LogP contribution in [-0.2, 0) is 10.8 Å². The first-order valence-electron chi connectivity index (χ1n) is 5.33. The van der Waals surface area contributed by atoms with Crippen molar-refractivity contribution in [3.8, 4) is 0 Å². The minimum absolute atomic E-state index is 0.123. The van der Waals surface area contributed by atoms with Gasteiger partial charge in [-0.2, -0.15) is 10.3 Å². The molecule has 0 bridgehead atoms. The van der Waals surface area contributed by atoms with Gasteiger partial charge in [-0.3, -0.25) is 4.21 Å². The highest BCUT2D eigenvalue weighted by Crippen LogP contribution is 2.11. The summed E-state index contributed by atoms with van der Waals surface area (Å²) < 4.78 is 11.2. The van der Waals surface area contributed by atoms with Crippen LogP contribution >= 0.6 is 0 Å². The Morgan fingerprint density at radius 1 is 1.26 bits per heavy atom. The molecule has 2 rings (SSSR count). The first-order valence-corrected chi connectivity index (χ1v) is 6.89. The Labute approximate surface area is 111 Å². The van der Waals surface area contributed by atoms with Gasteiger partial charge in [0.1, 0.15) is 5.69 Å². The molecule has 19 heavy (non-hydrogen) atoms. The molecule has 1 heterocycles. The van der Waals surface area contributed by atoms with E-state index in [4.69, 9.17) is 5.11 Å². The molecular formula is C12H11N3O3S. The molecule has 2 aromatic rings. The zero-order valence-electron chi connectivity index (χ0n) is 10.0. The van der Waals surface area contributed by atoms with Crippen molar-refractivity contribution in [2.75, 3.05) is 6.26 Å². The number of hydrogen-bond acceptors (Lipinski definition) is 4. The van der Waals surface area contributed by atoms with Gasteiger partial charge in [-0.15, -0.1) is 5.10 Å². The Bertz CT molecular complexity index is 646. The second-order valence-electron chi connectivity index (χ2n) is 3.72. The Morgan fingerprint density at radius 3 is 2.53 bits per heavy atom. The SMILES string of the molecule is CS(=O)c1ccc(/C=C/c2n[nH]nc2C(=O)O)cc1. The number of nitrogens with one attached hydrogen (secondary N) is 1. The van der Waals surface area contributed by atoms with Gasteiger partial charge in [0.25, 0.3) is 0 Å². The molecule has 1 unspecified atom stereocenters. The number of aromatic carboxylic acids is 1. The van der Waals surface area contributed by atoms with Crippen LogP contribution in [-0.4, -0.2) is 37.0 Å². The molecule has 7 heteroatoms. The van der Waals surface area contributed by atoms with Crippen LogP contribution in [0.5, 0.6) is 0 Å². The Balaban J connectivity index is 2.20. The number of hydrogen-bond donors (Lipinski definition) is 2. The monoisotopic (exact) mass is 277 g/mol. The van der Waals surface area contributed by atoms with E-state index in [1.54, 1.807) is 42.7 Å². The quantitative estimate of drug-likeness (QED) is 0.880. The Kier molecular flexibility index (Phi) is 3.86. The summed E-state index contributed by atoms with van der Waals surface area (Å²) in [5.41, 5.74) is 0.992. The van der Waals surface area contributed by atoms with Gasteiger partial charge < -0.3 is 5.11 Å². The number of carbonyl (C=O) groups is 1. The third kappa shape index (κ3) is 3.14. The average Bonchev–Trinajstić information content (AvgIpc) is 2.85. The summed E-state index contributed by atoms with van der Waals surface area (Å²) in [7, 11) is -1.01. The second-order valence-corrected chi connectivity index (χ2v) is 5.10. The zero-order valence-corrected chi connectivity index (χ0v) is 10.8. The molecule has 0 radical (unpaired) electrons. The van der Waals surface area contributed by atoms with Crippen LogP contribution in [0.15, 0.2) is 29.2 Å². The van der Waals surface area contributed by atoms with Gasteiger partial charge in [0, 0.05) is 22.0 Å². The van der Waals surface area contributed by atoms with E-state index in [0.717, 1.165) is 10.5 Å². The van der Waals surface area contributed by atoms with Crippen LogP contribution in [0.1, 0.15) is 21.7 Å². The maximum atomic E-state index is 11.2. The maximum absolute atomic E-state index is 11.2. The number of carboxylic acids is 1. The van der Waals surface area contributed by atoms with Crippen molar-refractivity contribution < 1.29 is 14.1 Å². The lowest BCUT2D eigenvalue weighted by atomic mass is 10.2. The highest BCUT2D eigenvalue weighted by Gasteiger charge is 2.12. The number of rotatable bonds is 4. The molecule has 0 aliphatic heterocycles. The highest BCUT2D eigenvalue weighted by atomic mass is 32.2. The van der Waals surface area contributed by atoms with Crippen molar-refractivity contribution in [2.45, 2.75) is 4.90 Å². The van der Waals surface area contributed by atoms with Crippen LogP contribution in [0.3, 0.4) is 0 Å². The van der Waals surface area contributed by atoms with E-state index >= 15 is 0 Å². The van der Waals surface area contributed by atoms with E-state index in [2.05, 4.69) is 15.4 Å². The standard InChI is InChI=1S/C12H11N3O3S/c1-19(18)9-5-2-8(3-6-9)4-7-10-11(12(16)17)14-15-13-10/h2-7H,1H3,(H,16,17)(H,13,14,15)/b7-4+. The smallest absolute Gasteiger partial charge is 0.358 e. The molecule has 0 aliphatic carbocycles. The van der Waals surface area contributed by atoms with Gasteiger partial charge in [-0.25, -0.2) is 4.79 Å². The van der Waals surface area contributed by atoms with Gasteiger partial charge >= 0.3 is 5.97 Å². The number of carboxylic acid groups (broad SMARTS) is 1. The predicted octanol–water partition coefficient (Wildman–Crippen LogP) is 1.41. The molecule has 98 valence electrons. The summed E-state index contributed by atoms with van der Waals surface area (Å²) in [6, 6.07) is 7.12. The number of aromatic nitrogens is 3. The van der Waals surface area contributed by atoms with Gasteiger partial charge in [0.15, 0.2) is 5.69 Å². The first-order chi connectivity index (χ1) is 9.08. The molecular weight excluding hydrogens is 266 g/mol. The molecule has 0 amide bonds. The lowest BCUT2D eigenvalue weighted by Crippen LogP contribution is -1.98. The van der Waals surface area contributed by atoms with Gasteiger partial charge in [0.05, 0.1) is 0 Å². The first kappa shape index (κ1) is 13.2. The highest BCUT2D eigenvalue weighted by molar-refractivity contribution is 7.84. The molecule has 1 atom stereocenters. The minimum atomic E-state index is -1.13. The zero-order chi connectivity index (χ0) is 13.8. The molecule has 1 aromatic carbocycles. The summed E-state index contributed by atoms with van der Waals surface area (Å²) in [5.74, 6) is -1.13. The van der Waals surface area contributed by atoms with E-state index in [1.165, 1.54) is 0 Å². The fourth-order valence-corrected chi connectivity index (χ4v) is 1.98. The van der Waals surface area contributed by atoms with E-state index in [0.29, 0.717) is 0 Å². The Hall–Kier alpha value is -2.28. The van der Waals surface area contributed by atoms with Crippen molar-refractivity contribution in [1.29, 1.82) is 0 Å². The van der Waals surface area contributed by atoms with E-state index in [-0.39, 0.29) is 11.4 Å². The van der Waals surface area contributed by atoms with Crippen molar-refractivity contribution in [1.82, 2.24) is 15.4 Å². The number of nitrogens with zero attached hydrogens (tertiary/aromatic N) is 2. The summed E-state index contributed by atoms with van der Waals surface area (Å²) in [6.07, 6.45) is 4.89. The van der Waals surface area contributed by atoms with Crippen molar-refractivity contribution >= 4 is 28.9 Å². The molecule has 0 saturated heterocycles. The lowest BCUT2D eigenvalue weighted by Gasteiger charge is -1.97. The maximum Gasteiger partial charge on any atom is 0.358 e. The fourth-order valence-electron chi connectivity index (χ4n) is 1.46. The molecule has 0 saturated carbocycles.